The van der Waals surface area contributed by atoms with Gasteiger partial charge in [-0.15, -0.1) is 4.91 Å². The molecule has 9 nitrogen and oxygen atoms in total. The van der Waals surface area contributed by atoms with Gasteiger partial charge in [0.25, 0.3) is 0 Å². The van der Waals surface area contributed by atoms with E-state index in [1.54, 1.807) is 12.3 Å². The summed E-state index contributed by atoms with van der Waals surface area (Å²) in [5, 5.41) is 11.0. The number of aliphatic imine (C=N–C) groups is 1. The number of allylic oxidation sites excluding steroid dienone is 1. The first-order valence-electron chi connectivity index (χ1n) is 4.01. The van der Waals surface area contributed by atoms with Crippen molar-refractivity contribution in [1.29, 1.82) is 0 Å². The Morgan fingerprint density at radius 3 is 2.44 bits per heavy atom. The summed E-state index contributed by atoms with van der Waals surface area (Å²) in [6, 6.07) is -0.852. The standard InChI is InChI=1S/C5H6N2O2.C2H5N3O2/c8-5(9)7-3-1-2-6-4-7;1-5(4-7)2(3)6/h1-3H,4H2,(H,8,9);1H3,(H2,3,6). The molecule has 88 valence electrons. The third kappa shape index (κ3) is 5.32. The SMILES string of the molecule is CN(N=O)C(N)=O.O=C(O)N1C=CC=NC1. The second-order valence-corrected chi connectivity index (χ2v) is 2.51. The number of carbonyl (C=O) groups is 2. The summed E-state index contributed by atoms with van der Waals surface area (Å²) >= 11 is 0. The summed E-state index contributed by atoms with van der Waals surface area (Å²) in [7, 11) is 1.18. The maximum atomic E-state index is 10.2. The number of urea groups is 1. The molecule has 0 spiro atoms. The normalized spacial score (nSPS) is 12.4. The molecule has 0 aromatic carbocycles. The van der Waals surface area contributed by atoms with Gasteiger partial charge in [-0.05, 0) is 6.08 Å². The number of rotatable bonds is 1. The van der Waals surface area contributed by atoms with E-state index >= 15 is 0 Å². The molecule has 0 saturated heterocycles. The monoisotopic (exact) mass is 229 g/mol. The Morgan fingerprint density at radius 1 is 1.62 bits per heavy atom. The van der Waals surface area contributed by atoms with Crippen LogP contribution in [0, 0.1) is 4.91 Å². The van der Waals surface area contributed by atoms with Crippen LogP contribution < -0.4 is 5.73 Å². The van der Waals surface area contributed by atoms with Crippen LogP contribution in [0.2, 0.25) is 0 Å². The zero-order valence-corrected chi connectivity index (χ0v) is 8.48. The predicted molar refractivity (Wildman–Crippen MR) is 55.5 cm³/mol. The van der Waals surface area contributed by atoms with Crippen molar-refractivity contribution in [3.63, 3.8) is 0 Å². The quantitative estimate of drug-likeness (QED) is 0.491. The molecule has 3 N–H and O–H groups in total. The zero-order chi connectivity index (χ0) is 12.6. The van der Waals surface area contributed by atoms with Crippen molar-refractivity contribution in [2.45, 2.75) is 0 Å². The largest absolute Gasteiger partial charge is 0.465 e. The number of carboxylic acid groups (broad SMARTS) is 1. The molecule has 0 unspecified atom stereocenters. The first-order chi connectivity index (χ1) is 7.49. The Labute approximate surface area is 90.8 Å². The molecule has 0 aromatic rings. The smallest absolute Gasteiger partial charge is 0.412 e. The Bertz CT molecular complexity index is 327. The number of carbonyl (C=O) groups excluding carboxylic acids is 1. The van der Waals surface area contributed by atoms with Gasteiger partial charge in [0.15, 0.2) is 0 Å². The second-order valence-electron chi connectivity index (χ2n) is 2.51. The fraction of sp³-hybridized carbons (Fsp3) is 0.286. The lowest BCUT2D eigenvalue weighted by Gasteiger charge is -2.12. The summed E-state index contributed by atoms with van der Waals surface area (Å²) in [5.74, 6) is 0. The first kappa shape index (κ1) is 13.5. The minimum atomic E-state index is -0.969. The van der Waals surface area contributed by atoms with E-state index < -0.39 is 12.1 Å². The van der Waals surface area contributed by atoms with Crippen LogP contribution in [0.15, 0.2) is 22.6 Å². The lowest BCUT2D eigenvalue weighted by molar-refractivity contribution is 0.164. The van der Waals surface area contributed by atoms with Gasteiger partial charge in [0.2, 0.25) is 0 Å². The predicted octanol–water partition coefficient (Wildman–Crippen LogP) is 0.200. The van der Waals surface area contributed by atoms with Crippen molar-refractivity contribution < 1.29 is 14.7 Å². The Balaban J connectivity index is 0.000000293. The fourth-order valence-corrected chi connectivity index (χ4v) is 0.550. The van der Waals surface area contributed by atoms with E-state index in [0.717, 1.165) is 4.90 Å². The second kappa shape index (κ2) is 6.92. The van der Waals surface area contributed by atoms with Crippen molar-refractivity contribution in [3.8, 4) is 0 Å². The number of amides is 3. The number of nitrogens with two attached hydrogens (primary N) is 1. The van der Waals surface area contributed by atoms with Crippen LogP contribution >= 0.6 is 0 Å². The van der Waals surface area contributed by atoms with Crippen LogP contribution in [0.3, 0.4) is 0 Å². The topological polar surface area (TPSA) is 129 Å². The van der Waals surface area contributed by atoms with Gasteiger partial charge in [0.05, 0.1) is 5.29 Å². The van der Waals surface area contributed by atoms with Crippen molar-refractivity contribution in [2.24, 2.45) is 16.0 Å². The van der Waals surface area contributed by atoms with E-state index in [-0.39, 0.29) is 6.67 Å². The Morgan fingerprint density at radius 2 is 2.25 bits per heavy atom. The maximum Gasteiger partial charge on any atom is 0.412 e. The molecule has 0 radical (unpaired) electrons. The van der Waals surface area contributed by atoms with Crippen LogP contribution in [0.25, 0.3) is 0 Å². The molecule has 1 aliphatic heterocycles. The first-order valence-corrected chi connectivity index (χ1v) is 4.01. The van der Waals surface area contributed by atoms with Crippen molar-refractivity contribution in [2.75, 3.05) is 13.7 Å². The summed E-state index contributed by atoms with van der Waals surface area (Å²) in [6.45, 7) is 0.214. The third-order valence-electron chi connectivity index (χ3n) is 1.38. The molecule has 0 aromatic heterocycles. The van der Waals surface area contributed by atoms with Gasteiger partial charge in [-0.25, -0.2) is 9.59 Å². The molecule has 3 amide bonds. The Kier molecular flexibility index (Phi) is 5.86. The number of nitroso groups, excluding NO2 is 1. The molecule has 16 heavy (non-hydrogen) atoms. The third-order valence-corrected chi connectivity index (χ3v) is 1.38. The molecule has 0 aliphatic carbocycles. The molecule has 0 bridgehead atoms. The summed E-state index contributed by atoms with van der Waals surface area (Å²) in [4.78, 5) is 34.1. The summed E-state index contributed by atoms with van der Waals surface area (Å²) in [5.41, 5.74) is 4.54. The van der Waals surface area contributed by atoms with E-state index in [1.807, 2.05) is 0 Å². The summed E-state index contributed by atoms with van der Waals surface area (Å²) < 4.78 is 0. The molecular formula is C7H11N5O4. The molecular weight excluding hydrogens is 218 g/mol. The van der Waals surface area contributed by atoms with Crippen LogP contribution in [0.5, 0.6) is 0 Å². The van der Waals surface area contributed by atoms with E-state index in [0.29, 0.717) is 5.01 Å². The van der Waals surface area contributed by atoms with Gasteiger partial charge in [-0.3, -0.25) is 9.89 Å². The average molecular weight is 229 g/mol. The van der Waals surface area contributed by atoms with Crippen LogP contribution in [0.1, 0.15) is 0 Å². The molecule has 9 heteroatoms. The van der Waals surface area contributed by atoms with E-state index in [1.165, 1.54) is 13.2 Å². The minimum absolute atomic E-state index is 0.214. The van der Waals surface area contributed by atoms with Crippen LogP contribution in [-0.2, 0) is 0 Å². The minimum Gasteiger partial charge on any atom is -0.465 e. The Hall–Kier alpha value is -2.45. The van der Waals surface area contributed by atoms with Gasteiger partial charge in [-0.1, -0.05) is 0 Å². The van der Waals surface area contributed by atoms with Crippen molar-refractivity contribution in [1.82, 2.24) is 9.91 Å². The number of hydrogen-bond donors (Lipinski definition) is 2. The van der Waals surface area contributed by atoms with Gasteiger partial charge >= 0.3 is 12.1 Å². The fourth-order valence-electron chi connectivity index (χ4n) is 0.550. The van der Waals surface area contributed by atoms with E-state index in [2.05, 4.69) is 16.0 Å². The molecule has 1 aliphatic rings. The highest BCUT2D eigenvalue weighted by Crippen LogP contribution is 1.94. The highest BCUT2D eigenvalue weighted by Gasteiger charge is 2.06. The molecule has 1 heterocycles. The van der Waals surface area contributed by atoms with E-state index in [9.17, 15) is 14.5 Å². The van der Waals surface area contributed by atoms with Crippen molar-refractivity contribution >= 4 is 18.3 Å². The van der Waals surface area contributed by atoms with Crippen molar-refractivity contribution in [3.05, 3.63) is 17.2 Å². The molecule has 1 rings (SSSR count). The lowest BCUT2D eigenvalue weighted by Crippen LogP contribution is -2.26. The summed E-state index contributed by atoms with van der Waals surface area (Å²) in [6.07, 6.45) is 3.65. The van der Waals surface area contributed by atoms with Crippen LogP contribution in [0.4, 0.5) is 9.59 Å². The number of hydrogen-bond acceptors (Lipinski definition) is 5. The highest BCUT2D eigenvalue weighted by molar-refractivity contribution is 5.75. The lowest BCUT2D eigenvalue weighted by atomic mass is 10.5. The molecule has 0 saturated carbocycles. The van der Waals surface area contributed by atoms with Gasteiger partial charge < -0.3 is 10.8 Å². The van der Waals surface area contributed by atoms with Gasteiger partial charge in [0, 0.05) is 19.5 Å². The van der Waals surface area contributed by atoms with E-state index in [4.69, 9.17) is 5.11 Å². The number of primary amides is 1. The molecule has 0 atom stereocenters. The molecule has 0 fully saturated rings. The number of nitrogens with zero attached hydrogens (tertiary/aromatic N) is 4. The highest BCUT2D eigenvalue weighted by atomic mass is 16.4. The zero-order valence-electron chi connectivity index (χ0n) is 8.48. The maximum absolute atomic E-state index is 10.2. The van der Waals surface area contributed by atoms with Gasteiger partial charge in [0.1, 0.15) is 6.67 Å². The van der Waals surface area contributed by atoms with Crippen LogP contribution in [-0.4, -0.2) is 47.1 Å². The van der Waals surface area contributed by atoms with Gasteiger partial charge in [-0.2, -0.15) is 5.01 Å². The average Bonchev–Trinajstić information content (AvgIpc) is 2.29.